The van der Waals surface area contributed by atoms with Gasteiger partial charge < -0.3 is 9.84 Å². The molecule has 0 saturated carbocycles. The first-order valence-electron chi connectivity index (χ1n) is 12.2. The molecule has 2 nitrogen and oxygen atoms in total. The summed E-state index contributed by atoms with van der Waals surface area (Å²) in [5.41, 5.74) is 1.04. The lowest BCUT2D eigenvalue weighted by Gasteiger charge is -2.19. The molecule has 218 valence electrons. The van der Waals surface area contributed by atoms with Gasteiger partial charge in [0.1, 0.15) is 0 Å². The van der Waals surface area contributed by atoms with E-state index in [1.165, 1.54) is 0 Å². The molecule has 0 radical (unpaired) electrons. The largest absolute Gasteiger partial charge is 0.453 e. The van der Waals surface area contributed by atoms with Gasteiger partial charge in [-0.1, -0.05) is 62.4 Å². The molecule has 0 saturated heterocycles. The van der Waals surface area contributed by atoms with Gasteiger partial charge in [-0.2, -0.15) is 43.9 Å². The van der Waals surface area contributed by atoms with Crippen LogP contribution in [0.5, 0.6) is 0 Å². The Balaban J connectivity index is 0.000000757. The third-order valence-corrected chi connectivity index (χ3v) is 5.46. The van der Waals surface area contributed by atoms with E-state index in [2.05, 4.69) is 0 Å². The van der Waals surface area contributed by atoms with Crippen LogP contribution in [0.3, 0.4) is 0 Å². The third-order valence-electron chi connectivity index (χ3n) is 5.46. The van der Waals surface area contributed by atoms with Gasteiger partial charge in [-0.15, -0.1) is 0 Å². The highest BCUT2D eigenvalue weighted by Crippen LogP contribution is 2.40. The molecule has 1 aromatic carbocycles. The zero-order valence-electron chi connectivity index (χ0n) is 20.8. The fraction of sp³-hybridized carbons (Fsp3) is 0.760. The first kappa shape index (κ1) is 35.4. The number of alkyl halides is 10. The summed E-state index contributed by atoms with van der Waals surface area (Å²) < 4.78 is 127. The number of hydrogen-bond acceptors (Lipinski definition) is 2. The summed E-state index contributed by atoms with van der Waals surface area (Å²) >= 11 is 0. The predicted molar refractivity (Wildman–Crippen MR) is 121 cm³/mol. The number of ether oxygens (including phenoxy) is 1. The maximum atomic E-state index is 12.7. The van der Waals surface area contributed by atoms with Crippen LogP contribution in [0.4, 0.5) is 43.9 Å². The lowest BCUT2D eigenvalue weighted by Crippen LogP contribution is -2.36. The maximum absolute atomic E-state index is 12.7. The van der Waals surface area contributed by atoms with Gasteiger partial charge in [0.25, 0.3) is 0 Å². The molecule has 0 amide bonds. The normalized spacial score (nSPS) is 13.7. The van der Waals surface area contributed by atoms with Gasteiger partial charge in [0.05, 0.1) is 12.7 Å². The fourth-order valence-electron chi connectivity index (χ4n) is 3.12. The van der Waals surface area contributed by atoms with Crippen molar-refractivity contribution >= 4 is 0 Å². The van der Waals surface area contributed by atoms with Crippen LogP contribution in [0, 0.1) is 0 Å². The van der Waals surface area contributed by atoms with Crippen LogP contribution >= 0.6 is 0 Å². The Morgan fingerprint density at radius 3 is 1.54 bits per heavy atom. The molecule has 0 aliphatic rings. The van der Waals surface area contributed by atoms with Crippen molar-refractivity contribution in [2.45, 2.75) is 114 Å². The molecule has 12 heteroatoms. The number of hydrogen-bond donors (Lipinski definition) is 1. The lowest BCUT2D eigenvalue weighted by atomic mass is 10.1. The van der Waals surface area contributed by atoms with Crippen molar-refractivity contribution < 1.29 is 53.7 Å². The van der Waals surface area contributed by atoms with E-state index in [0.29, 0.717) is 51.6 Å². The average molecular weight is 559 g/mol. The quantitative estimate of drug-likeness (QED) is 0.162. The van der Waals surface area contributed by atoms with E-state index in [9.17, 15) is 43.9 Å². The summed E-state index contributed by atoms with van der Waals surface area (Å²) in [6.45, 7) is 2.36. The molecule has 1 rings (SSSR count). The van der Waals surface area contributed by atoms with E-state index in [0.717, 1.165) is 5.56 Å². The van der Waals surface area contributed by atoms with Gasteiger partial charge in [0.15, 0.2) is 0 Å². The SMILES string of the molecule is CC(CCCCCC(F)(F)C(F)(F)F)OCc1ccccc1.OCCCCCCCC(F)(F)C(F)(F)F. The van der Waals surface area contributed by atoms with E-state index in [-0.39, 0.29) is 25.6 Å². The van der Waals surface area contributed by atoms with Crippen LogP contribution in [0.1, 0.15) is 83.1 Å². The molecule has 0 aromatic heterocycles. The van der Waals surface area contributed by atoms with Crippen LogP contribution in [0.15, 0.2) is 30.3 Å². The second-order valence-corrected chi connectivity index (χ2v) is 8.85. The summed E-state index contributed by atoms with van der Waals surface area (Å²) in [5.74, 6) is -9.15. The Bertz CT molecular complexity index is 691. The van der Waals surface area contributed by atoms with Crippen molar-refractivity contribution in [2.75, 3.05) is 6.61 Å². The Labute approximate surface area is 211 Å². The van der Waals surface area contributed by atoms with Crippen LogP contribution in [-0.4, -0.2) is 42.0 Å². The first-order valence-corrected chi connectivity index (χ1v) is 12.2. The Morgan fingerprint density at radius 2 is 1.08 bits per heavy atom. The van der Waals surface area contributed by atoms with Gasteiger partial charge in [0.2, 0.25) is 0 Å². The van der Waals surface area contributed by atoms with Crippen molar-refractivity contribution in [3.63, 3.8) is 0 Å². The molecule has 0 spiro atoms. The molecule has 0 fully saturated rings. The first-order chi connectivity index (χ1) is 17.0. The summed E-state index contributed by atoms with van der Waals surface area (Å²) in [5, 5.41) is 8.39. The van der Waals surface area contributed by atoms with Gasteiger partial charge in [-0.3, -0.25) is 0 Å². The minimum absolute atomic E-state index is 0.0265. The van der Waals surface area contributed by atoms with Crippen LogP contribution in [0.25, 0.3) is 0 Å². The van der Waals surface area contributed by atoms with Crippen molar-refractivity contribution in [2.24, 2.45) is 0 Å². The van der Waals surface area contributed by atoms with Crippen LogP contribution in [0.2, 0.25) is 0 Å². The van der Waals surface area contributed by atoms with E-state index >= 15 is 0 Å². The van der Waals surface area contributed by atoms with Crippen LogP contribution in [-0.2, 0) is 11.3 Å². The minimum atomic E-state index is -5.45. The third kappa shape index (κ3) is 16.1. The topological polar surface area (TPSA) is 29.5 Å². The molecule has 1 aromatic rings. The smallest absolute Gasteiger partial charge is 0.396 e. The summed E-state index contributed by atoms with van der Waals surface area (Å²) in [6, 6.07) is 9.59. The lowest BCUT2D eigenvalue weighted by molar-refractivity contribution is -0.284. The van der Waals surface area contributed by atoms with Crippen molar-refractivity contribution in [1.82, 2.24) is 0 Å². The molecule has 1 atom stereocenters. The Hall–Kier alpha value is -1.56. The zero-order valence-corrected chi connectivity index (χ0v) is 20.8. The highest BCUT2D eigenvalue weighted by Gasteiger charge is 2.57. The number of halogens is 10. The minimum Gasteiger partial charge on any atom is -0.396 e. The van der Waals surface area contributed by atoms with Crippen molar-refractivity contribution in [1.29, 1.82) is 0 Å². The Kier molecular flexibility index (Phi) is 16.4. The van der Waals surface area contributed by atoms with Gasteiger partial charge in [0, 0.05) is 19.4 Å². The van der Waals surface area contributed by atoms with Gasteiger partial charge in [-0.25, -0.2) is 0 Å². The van der Waals surface area contributed by atoms with Gasteiger partial charge in [-0.05, 0) is 38.2 Å². The predicted octanol–water partition coefficient (Wildman–Crippen LogP) is 9.26. The van der Waals surface area contributed by atoms with E-state index in [1.807, 2.05) is 37.3 Å². The summed E-state index contributed by atoms with van der Waals surface area (Å²) in [6.07, 6.45) is -9.80. The number of rotatable bonds is 16. The molecular weight excluding hydrogens is 522 g/mol. The van der Waals surface area contributed by atoms with Gasteiger partial charge >= 0.3 is 24.2 Å². The standard InChI is InChI=1S/C16H21F5O.C9H15F5O/c1-13(22-12-14-9-5-2-6-10-14)8-4-3-7-11-15(17,18)16(19,20)21;10-8(11,9(12,13)14)6-4-2-1-3-5-7-15/h2,5-6,9-10,13H,3-4,7-8,11-12H2,1H3;15H,1-7H2. The fourth-order valence-corrected chi connectivity index (χ4v) is 3.12. The molecular formula is C25H36F10O2. The number of aliphatic hydroxyl groups is 1. The van der Waals surface area contributed by atoms with Crippen molar-refractivity contribution in [3.05, 3.63) is 35.9 Å². The monoisotopic (exact) mass is 558 g/mol. The zero-order chi connectivity index (χ0) is 28.6. The molecule has 0 aliphatic heterocycles. The molecule has 0 bridgehead atoms. The maximum Gasteiger partial charge on any atom is 0.453 e. The second-order valence-electron chi connectivity index (χ2n) is 8.85. The molecule has 1 unspecified atom stereocenters. The molecule has 0 aliphatic carbocycles. The number of aliphatic hydroxyl groups excluding tert-OH is 1. The second kappa shape index (κ2) is 17.1. The highest BCUT2D eigenvalue weighted by molar-refractivity contribution is 5.13. The molecule has 1 N–H and O–H groups in total. The molecule has 37 heavy (non-hydrogen) atoms. The van der Waals surface area contributed by atoms with E-state index < -0.39 is 37.0 Å². The average Bonchev–Trinajstić information content (AvgIpc) is 2.79. The number of benzene rings is 1. The number of unbranched alkanes of at least 4 members (excludes halogenated alkanes) is 6. The summed E-state index contributed by atoms with van der Waals surface area (Å²) in [7, 11) is 0. The van der Waals surface area contributed by atoms with E-state index in [4.69, 9.17) is 9.84 Å². The van der Waals surface area contributed by atoms with Crippen molar-refractivity contribution in [3.8, 4) is 0 Å². The van der Waals surface area contributed by atoms with E-state index in [1.54, 1.807) is 0 Å². The molecule has 0 heterocycles. The Morgan fingerprint density at radius 1 is 0.649 bits per heavy atom. The van der Waals surface area contributed by atoms with Crippen LogP contribution < -0.4 is 0 Å². The highest BCUT2D eigenvalue weighted by atomic mass is 19.4. The summed E-state index contributed by atoms with van der Waals surface area (Å²) in [4.78, 5) is 0.